The third-order valence-electron chi connectivity index (χ3n) is 2.36. The van der Waals surface area contributed by atoms with Crippen molar-refractivity contribution < 1.29 is 0 Å². The monoisotopic (exact) mass is 233 g/mol. The van der Waals surface area contributed by atoms with Crippen molar-refractivity contribution in [3.8, 4) is 0 Å². The molecule has 0 fully saturated rings. The van der Waals surface area contributed by atoms with Crippen LogP contribution in [0.4, 0.5) is 5.82 Å². The molecule has 0 aromatic carbocycles. The molecule has 6 nitrogen and oxygen atoms in total. The van der Waals surface area contributed by atoms with Crippen LogP contribution in [0.5, 0.6) is 0 Å². The maximum Gasteiger partial charge on any atom is 0.345 e. The Bertz CT molecular complexity index is 557. The van der Waals surface area contributed by atoms with E-state index in [-0.39, 0.29) is 5.69 Å². The molecule has 0 bridgehead atoms. The van der Waals surface area contributed by atoms with Gasteiger partial charge in [-0.15, -0.1) is 0 Å². The second kappa shape index (κ2) is 4.82. The molecule has 2 heterocycles. The zero-order valence-electron chi connectivity index (χ0n) is 9.92. The van der Waals surface area contributed by atoms with Gasteiger partial charge in [0, 0.05) is 13.6 Å². The molecular weight excluding hydrogens is 218 g/mol. The molecule has 2 aromatic rings. The van der Waals surface area contributed by atoms with Crippen molar-refractivity contribution in [3.05, 3.63) is 40.7 Å². The second-order valence-corrected chi connectivity index (χ2v) is 3.73. The molecule has 17 heavy (non-hydrogen) atoms. The van der Waals surface area contributed by atoms with E-state index in [4.69, 9.17) is 0 Å². The molecule has 1 N–H and O–H groups in total. The van der Waals surface area contributed by atoms with E-state index in [1.807, 2.05) is 25.1 Å². The lowest BCUT2D eigenvalue weighted by Crippen LogP contribution is -2.23. The molecule has 90 valence electrons. The molecule has 0 atom stereocenters. The van der Waals surface area contributed by atoms with Crippen molar-refractivity contribution in [3.63, 3.8) is 0 Å². The molecular formula is C11H15N5O. The first-order valence-corrected chi connectivity index (χ1v) is 5.49. The molecule has 6 heteroatoms. The molecule has 0 unspecified atom stereocenters. The van der Waals surface area contributed by atoms with E-state index in [0.29, 0.717) is 6.54 Å². The summed E-state index contributed by atoms with van der Waals surface area (Å²) in [5.74, 6) is 0.814. The fraction of sp³-hybridized carbons (Fsp3) is 0.364. The van der Waals surface area contributed by atoms with Gasteiger partial charge in [0.15, 0.2) is 0 Å². The molecule has 0 amide bonds. The fourth-order valence-electron chi connectivity index (χ4n) is 1.53. The van der Waals surface area contributed by atoms with Crippen molar-refractivity contribution in [1.29, 1.82) is 0 Å². The number of hydrogen-bond donors (Lipinski definition) is 1. The van der Waals surface area contributed by atoms with Gasteiger partial charge in [0.05, 0.1) is 12.2 Å². The van der Waals surface area contributed by atoms with Gasteiger partial charge in [-0.25, -0.2) is 14.5 Å². The predicted molar refractivity (Wildman–Crippen MR) is 65.0 cm³/mol. The van der Waals surface area contributed by atoms with Crippen LogP contribution >= 0.6 is 0 Å². The highest BCUT2D eigenvalue weighted by atomic mass is 16.2. The maximum absolute atomic E-state index is 11.6. The number of pyridine rings is 1. The lowest BCUT2D eigenvalue weighted by molar-refractivity contribution is 0.636. The van der Waals surface area contributed by atoms with Gasteiger partial charge in [0.25, 0.3) is 0 Å². The van der Waals surface area contributed by atoms with E-state index < -0.39 is 0 Å². The molecule has 0 spiro atoms. The van der Waals surface area contributed by atoms with Gasteiger partial charge in [-0.05, 0) is 19.1 Å². The van der Waals surface area contributed by atoms with Gasteiger partial charge in [-0.3, -0.25) is 4.57 Å². The molecule has 0 saturated heterocycles. The summed E-state index contributed by atoms with van der Waals surface area (Å²) < 4.78 is 2.83. The van der Waals surface area contributed by atoms with Crippen LogP contribution in [0, 0.1) is 0 Å². The number of nitrogens with zero attached hydrogens (tertiary/aromatic N) is 4. The summed E-state index contributed by atoms with van der Waals surface area (Å²) in [6.45, 7) is 3.22. The van der Waals surface area contributed by atoms with E-state index in [9.17, 15) is 4.79 Å². The first-order valence-electron chi connectivity index (χ1n) is 5.49. The highest BCUT2D eigenvalue weighted by molar-refractivity contribution is 5.34. The molecule has 0 aliphatic heterocycles. The first kappa shape index (κ1) is 11.4. The normalized spacial score (nSPS) is 10.5. The quantitative estimate of drug-likeness (QED) is 0.833. The predicted octanol–water partition coefficient (Wildman–Crippen LogP) is 0.457. The number of rotatable bonds is 4. The van der Waals surface area contributed by atoms with Crippen LogP contribution in [0.25, 0.3) is 0 Å². The minimum atomic E-state index is -0.138. The van der Waals surface area contributed by atoms with Crippen molar-refractivity contribution in [1.82, 2.24) is 19.3 Å². The van der Waals surface area contributed by atoms with Gasteiger partial charge in [0.1, 0.15) is 12.1 Å². The Labute approximate surface area is 98.9 Å². The van der Waals surface area contributed by atoms with Crippen molar-refractivity contribution in [2.24, 2.45) is 7.05 Å². The molecule has 0 radical (unpaired) electrons. The Hall–Kier alpha value is -2.11. The third kappa shape index (κ3) is 2.52. The zero-order chi connectivity index (χ0) is 12.3. The van der Waals surface area contributed by atoms with Crippen LogP contribution in [-0.4, -0.2) is 25.9 Å². The number of hydrogen-bond acceptors (Lipinski definition) is 4. The van der Waals surface area contributed by atoms with E-state index in [2.05, 4.69) is 15.4 Å². The van der Waals surface area contributed by atoms with E-state index in [0.717, 1.165) is 18.1 Å². The highest BCUT2D eigenvalue weighted by Gasteiger charge is 2.04. The van der Waals surface area contributed by atoms with Crippen LogP contribution in [0.3, 0.4) is 0 Å². The molecule has 2 rings (SSSR count). The summed E-state index contributed by atoms with van der Waals surface area (Å²) in [6, 6.07) is 5.68. The van der Waals surface area contributed by atoms with Crippen LogP contribution < -0.4 is 11.0 Å². The molecule has 0 aliphatic carbocycles. The van der Waals surface area contributed by atoms with Crippen LogP contribution in [-0.2, 0) is 13.6 Å². The summed E-state index contributed by atoms with van der Waals surface area (Å²) in [6.07, 6.45) is 1.50. The van der Waals surface area contributed by atoms with E-state index in [1.165, 1.54) is 15.6 Å². The Morgan fingerprint density at radius 3 is 2.88 bits per heavy atom. The minimum absolute atomic E-state index is 0.138. The molecule has 0 aliphatic rings. The van der Waals surface area contributed by atoms with Gasteiger partial charge in [-0.1, -0.05) is 6.07 Å². The summed E-state index contributed by atoms with van der Waals surface area (Å²) >= 11 is 0. The van der Waals surface area contributed by atoms with Gasteiger partial charge < -0.3 is 5.32 Å². The Morgan fingerprint density at radius 1 is 1.41 bits per heavy atom. The third-order valence-corrected chi connectivity index (χ3v) is 2.36. The van der Waals surface area contributed by atoms with Gasteiger partial charge in [0.2, 0.25) is 0 Å². The van der Waals surface area contributed by atoms with Crippen molar-refractivity contribution in [2.45, 2.75) is 13.5 Å². The number of nitrogens with one attached hydrogen (secondary N) is 1. The number of aryl methyl sites for hydroxylation is 1. The van der Waals surface area contributed by atoms with Crippen molar-refractivity contribution >= 4 is 5.82 Å². The number of anilines is 1. The van der Waals surface area contributed by atoms with Crippen LogP contribution in [0.1, 0.15) is 12.6 Å². The second-order valence-electron chi connectivity index (χ2n) is 3.73. The summed E-state index contributed by atoms with van der Waals surface area (Å²) in [4.78, 5) is 16.0. The van der Waals surface area contributed by atoms with E-state index in [1.54, 1.807) is 7.05 Å². The summed E-state index contributed by atoms with van der Waals surface area (Å²) in [7, 11) is 1.67. The average molecular weight is 233 g/mol. The molecule has 2 aromatic heterocycles. The maximum atomic E-state index is 11.6. The summed E-state index contributed by atoms with van der Waals surface area (Å²) in [5, 5.41) is 7.12. The van der Waals surface area contributed by atoms with Crippen LogP contribution in [0.2, 0.25) is 0 Å². The summed E-state index contributed by atoms with van der Waals surface area (Å²) in [5.41, 5.74) is 0.671. The largest absolute Gasteiger partial charge is 0.370 e. The van der Waals surface area contributed by atoms with Gasteiger partial charge in [-0.2, -0.15) is 5.10 Å². The minimum Gasteiger partial charge on any atom is -0.370 e. The van der Waals surface area contributed by atoms with Crippen LogP contribution in [0.15, 0.2) is 29.3 Å². The van der Waals surface area contributed by atoms with E-state index >= 15 is 0 Å². The Kier molecular flexibility index (Phi) is 3.22. The fourth-order valence-corrected chi connectivity index (χ4v) is 1.53. The Morgan fingerprint density at radius 2 is 2.24 bits per heavy atom. The topological polar surface area (TPSA) is 64.7 Å². The SMILES string of the molecule is CCNc1cccc(Cn2ncn(C)c2=O)n1. The average Bonchev–Trinajstić information content (AvgIpc) is 2.62. The van der Waals surface area contributed by atoms with Crippen molar-refractivity contribution in [2.75, 3.05) is 11.9 Å². The smallest absolute Gasteiger partial charge is 0.345 e. The number of aromatic nitrogens is 4. The molecule has 0 saturated carbocycles. The standard InChI is InChI=1S/C11H15N5O/c1-3-12-10-6-4-5-9(14-10)7-16-11(17)15(2)8-13-16/h4-6,8H,3,7H2,1-2H3,(H,12,14). The lowest BCUT2D eigenvalue weighted by Gasteiger charge is -2.04. The Balaban J connectivity index is 2.21. The lowest BCUT2D eigenvalue weighted by atomic mass is 10.3. The zero-order valence-corrected chi connectivity index (χ0v) is 9.92. The first-order chi connectivity index (χ1) is 8.20. The van der Waals surface area contributed by atoms with Gasteiger partial charge >= 0.3 is 5.69 Å². The highest BCUT2D eigenvalue weighted by Crippen LogP contribution is 2.04.